The van der Waals surface area contributed by atoms with Gasteiger partial charge < -0.3 is 9.64 Å². The summed E-state index contributed by atoms with van der Waals surface area (Å²) in [6.07, 6.45) is 1.82. The van der Waals surface area contributed by atoms with Gasteiger partial charge in [0.25, 0.3) is 0 Å². The molecule has 0 unspecified atom stereocenters. The van der Waals surface area contributed by atoms with Gasteiger partial charge in [0.15, 0.2) is 0 Å². The van der Waals surface area contributed by atoms with Crippen LogP contribution in [0.1, 0.15) is 25.0 Å². The largest absolute Gasteiger partial charge is 0.457 e. The fourth-order valence-corrected chi connectivity index (χ4v) is 2.27. The molecule has 3 nitrogen and oxygen atoms in total. The maximum atomic E-state index is 13.3. The first-order valence-corrected chi connectivity index (χ1v) is 7.96. The predicted molar refractivity (Wildman–Crippen MR) is 93.4 cm³/mol. The molecule has 2 rings (SSSR count). The molecule has 2 aromatic carbocycles. The van der Waals surface area contributed by atoms with E-state index in [0.717, 1.165) is 48.1 Å². The maximum absolute atomic E-state index is 13.3. The van der Waals surface area contributed by atoms with Crippen molar-refractivity contribution in [1.29, 1.82) is 0 Å². The molecular formula is C19H22F2N2O. The normalized spacial score (nSPS) is 11.1. The van der Waals surface area contributed by atoms with Crippen LogP contribution in [0.25, 0.3) is 0 Å². The lowest BCUT2D eigenvalue weighted by Crippen LogP contribution is -2.20. The number of ether oxygens (including phenoxy) is 1. The summed E-state index contributed by atoms with van der Waals surface area (Å²) in [4.78, 5) is 6.60. The lowest BCUT2D eigenvalue weighted by atomic mass is 10.1. The van der Waals surface area contributed by atoms with Gasteiger partial charge in [-0.3, -0.25) is 0 Å². The molecule has 0 atom stereocenters. The van der Waals surface area contributed by atoms with E-state index >= 15 is 0 Å². The van der Waals surface area contributed by atoms with Crippen LogP contribution in [-0.2, 0) is 0 Å². The zero-order chi connectivity index (χ0) is 17.7. The van der Waals surface area contributed by atoms with Crippen LogP contribution >= 0.6 is 0 Å². The highest BCUT2D eigenvalue weighted by Crippen LogP contribution is 2.32. The zero-order valence-corrected chi connectivity index (χ0v) is 14.4. The summed E-state index contributed by atoms with van der Waals surface area (Å²) in [6.45, 7) is 9.73. The Bertz CT molecular complexity index is 720. The Labute approximate surface area is 141 Å². The molecule has 0 fully saturated rings. The van der Waals surface area contributed by atoms with Gasteiger partial charge in [0, 0.05) is 31.3 Å². The lowest BCUT2D eigenvalue weighted by Gasteiger charge is -2.15. The molecule has 5 heteroatoms. The third kappa shape index (κ3) is 4.54. The summed E-state index contributed by atoms with van der Waals surface area (Å²) in [7, 11) is 0. The van der Waals surface area contributed by atoms with Gasteiger partial charge in [-0.05, 0) is 51.0 Å². The summed E-state index contributed by atoms with van der Waals surface area (Å²) in [5.74, 6) is -0.645. The van der Waals surface area contributed by atoms with Crippen LogP contribution in [0.4, 0.5) is 14.5 Å². The predicted octanol–water partition coefficient (Wildman–Crippen LogP) is 5.38. The molecule has 0 saturated carbocycles. The van der Waals surface area contributed by atoms with Crippen molar-refractivity contribution in [3.8, 4) is 11.5 Å². The fraction of sp³-hybridized carbons (Fsp3) is 0.316. The van der Waals surface area contributed by atoms with Crippen LogP contribution in [0.2, 0.25) is 0 Å². The Balaban J connectivity index is 2.26. The van der Waals surface area contributed by atoms with Crippen molar-refractivity contribution in [2.24, 2.45) is 4.99 Å². The molecule has 128 valence electrons. The van der Waals surface area contributed by atoms with Gasteiger partial charge in [-0.1, -0.05) is 0 Å². The van der Waals surface area contributed by atoms with Crippen molar-refractivity contribution in [3.63, 3.8) is 0 Å². The van der Waals surface area contributed by atoms with Gasteiger partial charge in [0.1, 0.15) is 23.1 Å². The standard InChI is InChI=1S/C19H22F2N2O/c1-5-23(6-2)12-22-18-7-14(4)19(8-13(18)3)24-17-10-15(20)9-16(21)11-17/h7-12H,5-6H2,1-4H3/b22-12+. The van der Waals surface area contributed by atoms with Gasteiger partial charge in [-0.25, -0.2) is 13.8 Å². The number of nitrogens with zero attached hydrogens (tertiary/aromatic N) is 2. The first-order valence-electron chi connectivity index (χ1n) is 7.96. The molecule has 2 aromatic rings. The van der Waals surface area contributed by atoms with Crippen LogP contribution in [0.5, 0.6) is 11.5 Å². The van der Waals surface area contributed by atoms with Crippen molar-refractivity contribution in [1.82, 2.24) is 4.90 Å². The summed E-state index contributed by atoms with van der Waals surface area (Å²) >= 11 is 0. The average Bonchev–Trinajstić information content (AvgIpc) is 2.51. The van der Waals surface area contributed by atoms with Gasteiger partial charge in [0.05, 0.1) is 12.0 Å². The number of halogens is 2. The van der Waals surface area contributed by atoms with Crippen molar-refractivity contribution < 1.29 is 13.5 Å². The van der Waals surface area contributed by atoms with Crippen LogP contribution in [0.3, 0.4) is 0 Å². The number of benzene rings is 2. The minimum atomic E-state index is -0.667. The van der Waals surface area contributed by atoms with Gasteiger partial charge >= 0.3 is 0 Å². The molecule has 0 spiro atoms. The lowest BCUT2D eigenvalue weighted by molar-refractivity contribution is 0.465. The topological polar surface area (TPSA) is 24.8 Å². The maximum Gasteiger partial charge on any atom is 0.133 e. The smallest absolute Gasteiger partial charge is 0.133 e. The van der Waals surface area contributed by atoms with Crippen molar-refractivity contribution in [2.75, 3.05) is 13.1 Å². The second kappa shape index (κ2) is 7.90. The van der Waals surface area contributed by atoms with E-state index in [-0.39, 0.29) is 5.75 Å². The Kier molecular flexibility index (Phi) is 5.90. The molecule has 0 bridgehead atoms. The number of rotatable bonds is 6. The number of hydrogen-bond donors (Lipinski definition) is 0. The molecule has 0 aliphatic rings. The van der Waals surface area contributed by atoms with E-state index in [4.69, 9.17) is 4.74 Å². The van der Waals surface area contributed by atoms with E-state index in [9.17, 15) is 8.78 Å². The molecule has 0 radical (unpaired) electrons. The fourth-order valence-electron chi connectivity index (χ4n) is 2.27. The Morgan fingerprint density at radius 1 is 0.958 bits per heavy atom. The molecule has 0 N–H and O–H groups in total. The van der Waals surface area contributed by atoms with Crippen LogP contribution in [-0.4, -0.2) is 24.3 Å². The third-order valence-electron chi connectivity index (χ3n) is 3.73. The summed E-state index contributed by atoms with van der Waals surface area (Å²) < 4.78 is 32.2. The number of aliphatic imine (C=N–C) groups is 1. The summed E-state index contributed by atoms with van der Waals surface area (Å²) in [5, 5.41) is 0. The van der Waals surface area contributed by atoms with E-state index < -0.39 is 11.6 Å². The molecule has 0 heterocycles. The molecule has 0 aliphatic heterocycles. The zero-order valence-electron chi connectivity index (χ0n) is 14.4. The quantitative estimate of drug-likeness (QED) is 0.524. The van der Waals surface area contributed by atoms with Gasteiger partial charge in [0.2, 0.25) is 0 Å². The van der Waals surface area contributed by atoms with Crippen LogP contribution in [0, 0.1) is 25.5 Å². The first-order chi connectivity index (χ1) is 11.4. The summed E-state index contributed by atoms with van der Waals surface area (Å²) in [6, 6.07) is 6.86. The van der Waals surface area contributed by atoms with Crippen molar-refractivity contribution in [2.45, 2.75) is 27.7 Å². The minimum absolute atomic E-state index is 0.134. The van der Waals surface area contributed by atoms with Crippen LogP contribution in [0.15, 0.2) is 35.3 Å². The SMILES string of the molecule is CCN(/C=N/c1cc(C)c(Oc2cc(F)cc(F)c2)cc1C)CC. The van der Waals surface area contributed by atoms with E-state index in [2.05, 4.69) is 23.7 Å². The minimum Gasteiger partial charge on any atom is -0.457 e. The number of hydrogen-bond acceptors (Lipinski definition) is 2. The van der Waals surface area contributed by atoms with E-state index in [0.29, 0.717) is 5.75 Å². The van der Waals surface area contributed by atoms with E-state index in [1.54, 1.807) is 0 Å². The first kappa shape index (κ1) is 17.9. The Morgan fingerprint density at radius 3 is 2.17 bits per heavy atom. The van der Waals surface area contributed by atoms with Crippen LogP contribution < -0.4 is 4.74 Å². The highest BCUT2D eigenvalue weighted by Gasteiger charge is 2.08. The van der Waals surface area contributed by atoms with E-state index in [1.165, 1.54) is 0 Å². The highest BCUT2D eigenvalue weighted by atomic mass is 19.1. The second-order valence-corrected chi connectivity index (χ2v) is 5.58. The Morgan fingerprint density at radius 2 is 1.58 bits per heavy atom. The van der Waals surface area contributed by atoms with Crippen molar-refractivity contribution in [3.05, 3.63) is 53.1 Å². The molecule has 0 aromatic heterocycles. The highest BCUT2D eigenvalue weighted by molar-refractivity contribution is 5.65. The molecule has 0 saturated heterocycles. The monoisotopic (exact) mass is 332 g/mol. The van der Waals surface area contributed by atoms with Gasteiger partial charge in [-0.2, -0.15) is 0 Å². The molecular weight excluding hydrogens is 310 g/mol. The third-order valence-corrected chi connectivity index (χ3v) is 3.73. The molecule has 24 heavy (non-hydrogen) atoms. The second-order valence-electron chi connectivity index (χ2n) is 5.58. The van der Waals surface area contributed by atoms with Crippen molar-refractivity contribution >= 4 is 12.0 Å². The number of aryl methyl sites for hydroxylation is 2. The van der Waals surface area contributed by atoms with E-state index in [1.807, 2.05) is 32.3 Å². The van der Waals surface area contributed by atoms with Gasteiger partial charge in [-0.15, -0.1) is 0 Å². The summed E-state index contributed by atoms with van der Waals surface area (Å²) in [5.41, 5.74) is 2.62. The Hall–Kier alpha value is -2.43. The average molecular weight is 332 g/mol. The molecule has 0 aliphatic carbocycles. The molecule has 0 amide bonds.